The summed E-state index contributed by atoms with van der Waals surface area (Å²) in [4.78, 5) is 24.6. The molecule has 0 radical (unpaired) electrons. The van der Waals surface area contributed by atoms with E-state index >= 15 is 0 Å². The van der Waals surface area contributed by atoms with E-state index < -0.39 is 11.8 Å². The van der Waals surface area contributed by atoms with E-state index in [4.69, 9.17) is 4.74 Å². The predicted octanol–water partition coefficient (Wildman–Crippen LogP) is 4.81. The molecule has 1 amide bonds. The molecular weight excluding hydrogens is 428 g/mol. The van der Waals surface area contributed by atoms with Gasteiger partial charge in [0.05, 0.1) is 24.5 Å². The molecule has 1 atom stereocenters. The largest absolute Gasteiger partial charge is 0.462 e. The highest BCUT2D eigenvalue weighted by atomic mass is 16.5. The molecule has 0 saturated carbocycles. The van der Waals surface area contributed by atoms with Crippen molar-refractivity contribution in [2.24, 2.45) is 5.10 Å². The Morgan fingerprint density at radius 3 is 2.50 bits per heavy atom. The maximum absolute atomic E-state index is 12.4. The maximum atomic E-state index is 12.4. The maximum Gasteiger partial charge on any atom is 0.338 e. The van der Waals surface area contributed by atoms with Gasteiger partial charge in [0, 0.05) is 22.6 Å². The Morgan fingerprint density at radius 1 is 1.15 bits per heavy atom. The summed E-state index contributed by atoms with van der Waals surface area (Å²) >= 11 is 0. The van der Waals surface area contributed by atoms with Crippen LogP contribution in [0.15, 0.2) is 65.8 Å². The highest BCUT2D eigenvalue weighted by molar-refractivity contribution is 5.90. The molecule has 1 N–H and O–H groups in total. The average molecular weight is 457 g/mol. The number of nitrogens with one attached hydrogen (secondary N) is 1. The lowest BCUT2D eigenvalue weighted by atomic mass is 10.0. The molecular formula is C27H28N4O3. The Hall–Kier alpha value is -4.18. The topological polar surface area (TPSA) is 96.5 Å². The van der Waals surface area contributed by atoms with Crippen molar-refractivity contribution >= 4 is 18.1 Å². The van der Waals surface area contributed by atoms with Crippen molar-refractivity contribution in [2.75, 3.05) is 6.61 Å². The second-order valence-electron chi connectivity index (χ2n) is 7.91. The van der Waals surface area contributed by atoms with Gasteiger partial charge in [0.1, 0.15) is 0 Å². The lowest BCUT2D eigenvalue weighted by molar-refractivity contribution is -0.121. The number of esters is 1. The number of aromatic nitrogens is 1. The zero-order chi connectivity index (χ0) is 24.5. The standard InChI is InChI=1S/C27H28N4O3/c1-4-5-15-34-27(33)22-11-13-24(14-12-22)31-19(2)16-23(20(31)3)18-29-30-26(32)25(17-28)21-9-7-6-8-10-21/h6-14,16,18,25H,4-5,15H2,1-3H3,(H,30,32)/b29-18-/t25-/m0/s1. The van der Waals surface area contributed by atoms with Crippen molar-refractivity contribution in [3.8, 4) is 11.8 Å². The minimum Gasteiger partial charge on any atom is -0.462 e. The molecule has 7 heteroatoms. The van der Waals surface area contributed by atoms with E-state index in [1.54, 1.807) is 42.6 Å². The van der Waals surface area contributed by atoms with E-state index in [2.05, 4.69) is 10.5 Å². The van der Waals surface area contributed by atoms with E-state index in [1.807, 2.05) is 55.7 Å². The predicted molar refractivity (Wildman–Crippen MR) is 131 cm³/mol. The summed E-state index contributed by atoms with van der Waals surface area (Å²) in [5.74, 6) is -1.74. The number of carbonyl (C=O) groups is 2. The van der Waals surface area contributed by atoms with Gasteiger partial charge in [-0.05, 0) is 56.2 Å². The van der Waals surface area contributed by atoms with Crippen molar-refractivity contribution in [2.45, 2.75) is 39.5 Å². The number of aryl methyl sites for hydroxylation is 1. The van der Waals surface area contributed by atoms with Gasteiger partial charge in [-0.3, -0.25) is 4.79 Å². The Kier molecular flexibility index (Phi) is 8.36. The Labute approximate surface area is 199 Å². The number of benzene rings is 2. The molecule has 3 rings (SSSR count). The summed E-state index contributed by atoms with van der Waals surface area (Å²) in [7, 11) is 0. The summed E-state index contributed by atoms with van der Waals surface area (Å²) in [5.41, 5.74) is 7.22. The van der Waals surface area contributed by atoms with Crippen molar-refractivity contribution in [3.63, 3.8) is 0 Å². The van der Waals surface area contributed by atoms with Gasteiger partial charge in [-0.1, -0.05) is 43.7 Å². The van der Waals surface area contributed by atoms with Gasteiger partial charge in [0.2, 0.25) is 0 Å². The molecule has 0 aliphatic carbocycles. The highest BCUT2D eigenvalue weighted by Crippen LogP contribution is 2.21. The first-order valence-electron chi connectivity index (χ1n) is 11.2. The Bertz CT molecular complexity index is 1210. The van der Waals surface area contributed by atoms with Crippen molar-refractivity contribution < 1.29 is 14.3 Å². The van der Waals surface area contributed by atoms with E-state index in [-0.39, 0.29) is 5.97 Å². The van der Waals surface area contributed by atoms with Crippen LogP contribution >= 0.6 is 0 Å². The smallest absolute Gasteiger partial charge is 0.338 e. The van der Waals surface area contributed by atoms with Gasteiger partial charge in [-0.2, -0.15) is 10.4 Å². The normalized spacial score (nSPS) is 11.7. The van der Waals surface area contributed by atoms with Crippen molar-refractivity contribution in [1.29, 1.82) is 5.26 Å². The van der Waals surface area contributed by atoms with Gasteiger partial charge in [0.25, 0.3) is 5.91 Å². The minimum absolute atomic E-state index is 0.323. The fourth-order valence-corrected chi connectivity index (χ4v) is 3.61. The molecule has 0 bridgehead atoms. The fourth-order valence-electron chi connectivity index (χ4n) is 3.61. The molecule has 0 spiro atoms. The summed E-state index contributed by atoms with van der Waals surface area (Å²) in [6.45, 7) is 6.39. The number of nitrogens with zero attached hydrogens (tertiary/aromatic N) is 3. The van der Waals surface area contributed by atoms with Crippen LogP contribution in [-0.2, 0) is 9.53 Å². The first-order valence-corrected chi connectivity index (χ1v) is 11.2. The molecule has 0 aliphatic rings. The molecule has 174 valence electrons. The van der Waals surface area contributed by atoms with E-state index in [1.165, 1.54) is 0 Å². The molecule has 34 heavy (non-hydrogen) atoms. The zero-order valence-electron chi connectivity index (χ0n) is 19.6. The molecule has 1 aromatic heterocycles. The quantitative estimate of drug-likeness (QED) is 0.216. The summed E-state index contributed by atoms with van der Waals surface area (Å²) < 4.78 is 7.30. The average Bonchev–Trinajstić information content (AvgIpc) is 3.13. The van der Waals surface area contributed by atoms with Crippen molar-refractivity contribution in [1.82, 2.24) is 9.99 Å². The Morgan fingerprint density at radius 2 is 1.85 bits per heavy atom. The number of nitriles is 1. The van der Waals surface area contributed by atoms with Crippen molar-refractivity contribution in [3.05, 3.63) is 88.7 Å². The Balaban J connectivity index is 1.70. The first kappa shape index (κ1) is 24.5. The van der Waals surface area contributed by atoms with Crippen LogP contribution < -0.4 is 5.43 Å². The van der Waals surface area contributed by atoms with Crippen LogP contribution in [0, 0.1) is 25.2 Å². The molecule has 3 aromatic rings. The van der Waals surface area contributed by atoms with Crippen LogP contribution in [0.4, 0.5) is 0 Å². The second-order valence-corrected chi connectivity index (χ2v) is 7.91. The number of hydrogen-bond acceptors (Lipinski definition) is 5. The fraction of sp³-hybridized carbons (Fsp3) is 0.259. The zero-order valence-corrected chi connectivity index (χ0v) is 19.6. The van der Waals surface area contributed by atoms with Gasteiger partial charge in [0.15, 0.2) is 5.92 Å². The van der Waals surface area contributed by atoms with Gasteiger partial charge < -0.3 is 9.30 Å². The molecule has 0 saturated heterocycles. The molecule has 1 heterocycles. The molecule has 2 aromatic carbocycles. The van der Waals surface area contributed by atoms with Crippen LogP contribution in [0.25, 0.3) is 5.69 Å². The number of hydrogen-bond donors (Lipinski definition) is 1. The first-order chi connectivity index (χ1) is 16.5. The summed E-state index contributed by atoms with van der Waals surface area (Å²) in [6.07, 6.45) is 3.38. The van der Waals surface area contributed by atoms with Gasteiger partial charge >= 0.3 is 5.97 Å². The van der Waals surface area contributed by atoms with Crippen LogP contribution in [0.1, 0.15) is 58.6 Å². The molecule has 7 nitrogen and oxygen atoms in total. The number of hydrazone groups is 1. The van der Waals surface area contributed by atoms with E-state index in [9.17, 15) is 14.9 Å². The lowest BCUT2D eigenvalue weighted by Crippen LogP contribution is -2.24. The second kappa shape index (κ2) is 11.6. The number of ether oxygens (including phenoxy) is 1. The van der Waals surface area contributed by atoms with Crippen LogP contribution in [0.5, 0.6) is 0 Å². The monoisotopic (exact) mass is 456 g/mol. The van der Waals surface area contributed by atoms with Gasteiger partial charge in [-0.15, -0.1) is 0 Å². The third-order valence-corrected chi connectivity index (χ3v) is 5.47. The SMILES string of the molecule is CCCCOC(=O)c1ccc(-n2c(C)cc(/C=N\NC(=O)[C@@H](C#N)c3ccccc3)c2C)cc1. The number of carbonyl (C=O) groups excluding carboxylic acids is 2. The minimum atomic E-state index is -0.932. The third kappa shape index (κ3) is 5.78. The summed E-state index contributed by atoms with van der Waals surface area (Å²) in [5, 5.41) is 13.5. The summed E-state index contributed by atoms with van der Waals surface area (Å²) in [6, 6.07) is 20.1. The van der Waals surface area contributed by atoms with Crippen LogP contribution in [0.3, 0.4) is 0 Å². The van der Waals surface area contributed by atoms with E-state index in [0.29, 0.717) is 17.7 Å². The van der Waals surface area contributed by atoms with Crippen LogP contribution in [0.2, 0.25) is 0 Å². The van der Waals surface area contributed by atoms with E-state index in [0.717, 1.165) is 35.5 Å². The van der Waals surface area contributed by atoms with Gasteiger partial charge in [-0.25, -0.2) is 10.2 Å². The third-order valence-electron chi connectivity index (χ3n) is 5.47. The molecule has 0 fully saturated rings. The molecule has 0 unspecified atom stereocenters. The number of unbranched alkanes of at least 4 members (excludes halogenated alkanes) is 1. The molecule has 0 aliphatic heterocycles. The number of rotatable bonds is 9. The lowest BCUT2D eigenvalue weighted by Gasteiger charge is -2.11. The highest BCUT2D eigenvalue weighted by Gasteiger charge is 2.19. The van der Waals surface area contributed by atoms with Crippen LogP contribution in [-0.4, -0.2) is 29.3 Å². The number of amides is 1.